The van der Waals surface area contributed by atoms with Crippen molar-refractivity contribution >= 4 is 39.7 Å². The summed E-state index contributed by atoms with van der Waals surface area (Å²) in [6, 6.07) is 9.20. The van der Waals surface area contributed by atoms with Crippen LogP contribution in [0.4, 0.5) is 25.3 Å². The zero-order chi connectivity index (χ0) is 20.3. The zero-order valence-corrected chi connectivity index (χ0v) is 15.5. The maximum absolute atomic E-state index is 14.1. The molecular weight excluding hydrogens is 388 g/mol. The van der Waals surface area contributed by atoms with E-state index in [2.05, 4.69) is 4.98 Å². The Bertz CT molecular complexity index is 1040. The Morgan fingerprint density at radius 1 is 1.21 bits per heavy atom. The summed E-state index contributed by atoms with van der Waals surface area (Å²) >= 11 is 1.10. The summed E-state index contributed by atoms with van der Waals surface area (Å²) < 4.78 is 32.3. The van der Waals surface area contributed by atoms with Gasteiger partial charge < -0.3 is 10.5 Å². The minimum atomic E-state index is -0.732. The molecule has 6 nitrogen and oxygen atoms in total. The van der Waals surface area contributed by atoms with Gasteiger partial charge in [0.1, 0.15) is 18.2 Å². The molecule has 144 valence electrons. The number of nitrogens with zero attached hydrogens (tertiary/aromatic N) is 2. The molecule has 0 spiro atoms. The molecule has 0 aliphatic carbocycles. The van der Waals surface area contributed by atoms with Crippen LogP contribution in [0.3, 0.4) is 0 Å². The van der Waals surface area contributed by atoms with Gasteiger partial charge in [-0.1, -0.05) is 12.1 Å². The second-order valence-electron chi connectivity index (χ2n) is 5.73. The quantitative estimate of drug-likeness (QED) is 0.513. The van der Waals surface area contributed by atoms with Crippen LogP contribution in [-0.4, -0.2) is 16.9 Å². The lowest BCUT2D eigenvalue weighted by Gasteiger charge is -2.18. The standard InChI is InChI=1S/C19H15F2N3O3S/c1-11(25)24(17-5-3-2-4-15(17)21)19-23-13(10-28-19)9-27-18(26)14-7-6-12(20)8-16(14)22/h2-8,10H,9,22H2,1H3. The number of benzene rings is 2. The third-order valence-electron chi connectivity index (χ3n) is 3.72. The minimum Gasteiger partial charge on any atom is -0.455 e. The molecule has 9 heteroatoms. The van der Waals surface area contributed by atoms with E-state index in [1.807, 2.05) is 0 Å². The number of hydrogen-bond donors (Lipinski definition) is 1. The molecule has 0 bridgehead atoms. The van der Waals surface area contributed by atoms with E-state index in [4.69, 9.17) is 10.5 Å². The van der Waals surface area contributed by atoms with Crippen LogP contribution in [0.2, 0.25) is 0 Å². The molecule has 0 atom stereocenters. The summed E-state index contributed by atoms with van der Waals surface area (Å²) in [6.07, 6.45) is 0. The highest BCUT2D eigenvalue weighted by Crippen LogP contribution is 2.31. The summed E-state index contributed by atoms with van der Waals surface area (Å²) in [5.41, 5.74) is 6.06. The molecular formula is C19H15F2N3O3S. The van der Waals surface area contributed by atoms with E-state index in [0.29, 0.717) is 5.69 Å². The van der Waals surface area contributed by atoms with Crippen molar-refractivity contribution in [3.8, 4) is 0 Å². The van der Waals surface area contributed by atoms with Crippen LogP contribution >= 0.6 is 11.3 Å². The highest BCUT2D eigenvalue weighted by atomic mass is 32.1. The Labute approximate surface area is 163 Å². The molecule has 2 aromatic carbocycles. The van der Waals surface area contributed by atoms with Gasteiger partial charge in [0.25, 0.3) is 0 Å². The average molecular weight is 403 g/mol. The second-order valence-corrected chi connectivity index (χ2v) is 6.57. The van der Waals surface area contributed by atoms with Gasteiger partial charge >= 0.3 is 5.97 Å². The number of para-hydroxylation sites is 1. The van der Waals surface area contributed by atoms with Crippen molar-refractivity contribution in [3.63, 3.8) is 0 Å². The predicted molar refractivity (Wildman–Crippen MR) is 101 cm³/mol. The van der Waals surface area contributed by atoms with Crippen molar-refractivity contribution in [1.82, 2.24) is 4.98 Å². The molecule has 0 aliphatic rings. The topological polar surface area (TPSA) is 85.5 Å². The van der Waals surface area contributed by atoms with Gasteiger partial charge in [0.05, 0.1) is 16.9 Å². The Hall–Kier alpha value is -3.33. The summed E-state index contributed by atoms with van der Waals surface area (Å²) in [5, 5.41) is 1.83. The molecule has 0 saturated heterocycles. The molecule has 3 aromatic rings. The largest absolute Gasteiger partial charge is 0.455 e. The predicted octanol–water partition coefficient (Wildman–Crippen LogP) is 4.05. The number of anilines is 3. The van der Waals surface area contributed by atoms with E-state index >= 15 is 0 Å². The maximum atomic E-state index is 14.1. The summed E-state index contributed by atoms with van der Waals surface area (Å²) in [7, 11) is 0. The lowest BCUT2D eigenvalue weighted by molar-refractivity contribution is -0.115. The maximum Gasteiger partial charge on any atom is 0.340 e. The van der Waals surface area contributed by atoms with Crippen LogP contribution in [0.15, 0.2) is 47.8 Å². The average Bonchev–Trinajstić information content (AvgIpc) is 3.10. The number of nitrogens with two attached hydrogens (primary N) is 1. The van der Waals surface area contributed by atoms with Crippen molar-refractivity contribution in [1.29, 1.82) is 0 Å². The third-order valence-corrected chi connectivity index (χ3v) is 4.60. The molecule has 2 N–H and O–H groups in total. The number of ether oxygens (including phenoxy) is 1. The highest BCUT2D eigenvalue weighted by Gasteiger charge is 2.21. The number of amides is 1. The second kappa shape index (κ2) is 8.13. The normalized spacial score (nSPS) is 10.5. The first-order valence-corrected chi connectivity index (χ1v) is 8.96. The Kier molecular flexibility index (Phi) is 5.65. The van der Waals surface area contributed by atoms with Crippen molar-refractivity contribution < 1.29 is 23.1 Å². The fourth-order valence-corrected chi connectivity index (χ4v) is 3.31. The monoisotopic (exact) mass is 403 g/mol. The Balaban J connectivity index is 1.75. The first-order chi connectivity index (χ1) is 13.4. The van der Waals surface area contributed by atoms with Gasteiger partial charge in [-0.05, 0) is 30.3 Å². The molecule has 3 rings (SSSR count). The number of aromatic nitrogens is 1. The molecule has 28 heavy (non-hydrogen) atoms. The van der Waals surface area contributed by atoms with Crippen LogP contribution in [0.5, 0.6) is 0 Å². The molecule has 0 fully saturated rings. The third kappa shape index (κ3) is 4.15. The van der Waals surface area contributed by atoms with Gasteiger partial charge in [0.15, 0.2) is 5.13 Å². The fourth-order valence-electron chi connectivity index (χ4n) is 2.44. The SMILES string of the molecule is CC(=O)N(c1nc(COC(=O)c2ccc(F)cc2N)cs1)c1ccccc1F. The summed E-state index contributed by atoms with van der Waals surface area (Å²) in [4.78, 5) is 29.5. The molecule has 0 saturated carbocycles. The molecule has 1 heterocycles. The van der Waals surface area contributed by atoms with Gasteiger partial charge in [0.2, 0.25) is 5.91 Å². The molecule has 1 amide bonds. The number of nitrogen functional groups attached to an aromatic ring is 1. The number of carbonyl (C=O) groups is 2. The van der Waals surface area contributed by atoms with Gasteiger partial charge in [-0.15, -0.1) is 11.3 Å². The molecule has 0 unspecified atom stereocenters. The number of hydrogen-bond acceptors (Lipinski definition) is 6. The summed E-state index contributed by atoms with van der Waals surface area (Å²) in [5.74, 6) is -2.27. The van der Waals surface area contributed by atoms with Crippen molar-refractivity contribution in [3.05, 3.63) is 70.7 Å². The number of esters is 1. The van der Waals surface area contributed by atoms with Gasteiger partial charge in [-0.25, -0.2) is 18.6 Å². The number of rotatable bonds is 5. The molecule has 0 aliphatic heterocycles. The van der Waals surface area contributed by atoms with E-state index in [1.165, 1.54) is 31.2 Å². The molecule has 0 radical (unpaired) electrons. The van der Waals surface area contributed by atoms with Crippen molar-refractivity contribution in [2.45, 2.75) is 13.5 Å². The Morgan fingerprint density at radius 3 is 2.64 bits per heavy atom. The van der Waals surface area contributed by atoms with E-state index in [9.17, 15) is 18.4 Å². The first-order valence-electron chi connectivity index (χ1n) is 8.08. The molecule has 1 aromatic heterocycles. The Morgan fingerprint density at radius 2 is 1.96 bits per heavy atom. The fraction of sp³-hybridized carbons (Fsp3) is 0.105. The van der Waals surface area contributed by atoms with E-state index in [0.717, 1.165) is 28.4 Å². The zero-order valence-electron chi connectivity index (χ0n) is 14.7. The lowest BCUT2D eigenvalue weighted by atomic mass is 10.2. The van der Waals surface area contributed by atoms with E-state index in [-0.39, 0.29) is 28.7 Å². The first kappa shape index (κ1) is 19.4. The number of carbonyl (C=O) groups excluding carboxylic acids is 2. The number of halogens is 2. The smallest absolute Gasteiger partial charge is 0.340 e. The van der Waals surface area contributed by atoms with Crippen LogP contribution < -0.4 is 10.6 Å². The van der Waals surface area contributed by atoms with E-state index < -0.39 is 23.5 Å². The van der Waals surface area contributed by atoms with Crippen LogP contribution in [0.1, 0.15) is 23.0 Å². The van der Waals surface area contributed by atoms with Crippen LogP contribution in [0, 0.1) is 11.6 Å². The van der Waals surface area contributed by atoms with Gasteiger partial charge in [0, 0.05) is 18.0 Å². The van der Waals surface area contributed by atoms with Crippen molar-refractivity contribution in [2.24, 2.45) is 0 Å². The lowest BCUT2D eigenvalue weighted by Crippen LogP contribution is -2.23. The van der Waals surface area contributed by atoms with Crippen LogP contribution in [0.25, 0.3) is 0 Å². The summed E-state index contributed by atoms with van der Waals surface area (Å²) in [6.45, 7) is 1.11. The minimum absolute atomic E-state index is 0.0357. The van der Waals surface area contributed by atoms with Gasteiger partial charge in [-0.2, -0.15) is 0 Å². The highest BCUT2D eigenvalue weighted by molar-refractivity contribution is 7.14. The van der Waals surface area contributed by atoms with Crippen molar-refractivity contribution in [2.75, 3.05) is 10.6 Å². The van der Waals surface area contributed by atoms with Gasteiger partial charge in [-0.3, -0.25) is 9.69 Å². The number of thiazole rings is 1. The van der Waals surface area contributed by atoms with Crippen LogP contribution in [-0.2, 0) is 16.1 Å². The van der Waals surface area contributed by atoms with E-state index in [1.54, 1.807) is 11.4 Å².